The number of nitrogens with one attached hydrogen (secondary N) is 1. The van der Waals surface area contributed by atoms with Crippen LogP contribution in [0.25, 0.3) is 10.8 Å². The van der Waals surface area contributed by atoms with Crippen LogP contribution in [0, 0.1) is 0 Å². The highest BCUT2D eigenvalue weighted by Gasteiger charge is 2.07. The fraction of sp³-hybridized carbons (Fsp3) is 0.250. The number of rotatable bonds is 3. The molecule has 2 heterocycles. The summed E-state index contributed by atoms with van der Waals surface area (Å²) in [4.78, 5) is 0. The standard InChI is InChI=1S/C8H9N3OS/c1-2-9-8-11-10-7(13-8)6-4-3-5-12-6/h3-5H,2H2,1H3,(H,9,11). The molecular weight excluding hydrogens is 186 g/mol. The van der Waals surface area contributed by atoms with Crippen LogP contribution < -0.4 is 5.32 Å². The summed E-state index contributed by atoms with van der Waals surface area (Å²) in [5.41, 5.74) is 0. The summed E-state index contributed by atoms with van der Waals surface area (Å²) in [6.45, 7) is 2.88. The van der Waals surface area contributed by atoms with Gasteiger partial charge >= 0.3 is 0 Å². The van der Waals surface area contributed by atoms with Crippen molar-refractivity contribution >= 4 is 16.5 Å². The van der Waals surface area contributed by atoms with Crippen LogP contribution in [-0.4, -0.2) is 16.7 Å². The molecular formula is C8H9N3OS. The molecule has 0 fully saturated rings. The van der Waals surface area contributed by atoms with Crippen molar-refractivity contribution in [2.75, 3.05) is 11.9 Å². The van der Waals surface area contributed by atoms with Crippen molar-refractivity contribution in [3.8, 4) is 10.8 Å². The molecule has 0 atom stereocenters. The second-order valence-electron chi connectivity index (χ2n) is 2.42. The minimum atomic E-state index is 0.765. The molecule has 0 radical (unpaired) electrons. The molecule has 0 amide bonds. The molecule has 0 aromatic carbocycles. The van der Waals surface area contributed by atoms with E-state index in [9.17, 15) is 0 Å². The number of anilines is 1. The fourth-order valence-corrected chi connectivity index (χ4v) is 1.73. The van der Waals surface area contributed by atoms with Crippen molar-refractivity contribution in [3.05, 3.63) is 18.4 Å². The van der Waals surface area contributed by atoms with Crippen molar-refractivity contribution < 1.29 is 4.42 Å². The molecule has 5 heteroatoms. The zero-order valence-corrected chi connectivity index (χ0v) is 7.97. The molecule has 1 N–H and O–H groups in total. The van der Waals surface area contributed by atoms with Crippen LogP contribution >= 0.6 is 11.3 Å². The number of hydrogen-bond acceptors (Lipinski definition) is 5. The minimum Gasteiger partial charge on any atom is -0.462 e. The fourth-order valence-electron chi connectivity index (χ4n) is 0.946. The average Bonchev–Trinajstić information content (AvgIpc) is 2.70. The van der Waals surface area contributed by atoms with Crippen LogP contribution in [0.1, 0.15) is 6.92 Å². The summed E-state index contributed by atoms with van der Waals surface area (Å²) in [6, 6.07) is 3.71. The smallest absolute Gasteiger partial charge is 0.206 e. The summed E-state index contributed by atoms with van der Waals surface area (Å²) in [5.74, 6) is 0.765. The maximum absolute atomic E-state index is 5.19. The summed E-state index contributed by atoms with van der Waals surface area (Å²) >= 11 is 1.49. The quantitative estimate of drug-likeness (QED) is 0.816. The molecule has 68 valence electrons. The van der Waals surface area contributed by atoms with Gasteiger partial charge in [-0.15, -0.1) is 10.2 Å². The van der Waals surface area contributed by atoms with Gasteiger partial charge < -0.3 is 9.73 Å². The number of nitrogens with zero attached hydrogens (tertiary/aromatic N) is 2. The minimum absolute atomic E-state index is 0.765. The van der Waals surface area contributed by atoms with Crippen molar-refractivity contribution in [1.82, 2.24) is 10.2 Å². The van der Waals surface area contributed by atoms with E-state index in [1.807, 2.05) is 19.1 Å². The largest absolute Gasteiger partial charge is 0.462 e. The Kier molecular flexibility index (Phi) is 2.27. The molecule has 2 aromatic rings. The Hall–Kier alpha value is -1.36. The van der Waals surface area contributed by atoms with Gasteiger partial charge in [0, 0.05) is 6.54 Å². The molecule has 0 aliphatic carbocycles. The molecule has 0 bridgehead atoms. The number of hydrogen-bond donors (Lipinski definition) is 1. The molecule has 13 heavy (non-hydrogen) atoms. The zero-order valence-electron chi connectivity index (χ0n) is 7.15. The van der Waals surface area contributed by atoms with Crippen molar-refractivity contribution in [3.63, 3.8) is 0 Å². The van der Waals surface area contributed by atoms with Gasteiger partial charge in [0.15, 0.2) is 10.8 Å². The van der Waals surface area contributed by atoms with Crippen LogP contribution in [0.4, 0.5) is 5.13 Å². The van der Waals surface area contributed by atoms with Gasteiger partial charge in [-0.3, -0.25) is 0 Å². The predicted molar refractivity (Wildman–Crippen MR) is 51.8 cm³/mol. The average molecular weight is 195 g/mol. The van der Waals surface area contributed by atoms with Crippen molar-refractivity contribution in [2.24, 2.45) is 0 Å². The molecule has 0 aliphatic heterocycles. The predicted octanol–water partition coefficient (Wildman–Crippen LogP) is 2.23. The van der Waals surface area contributed by atoms with Crippen molar-refractivity contribution in [2.45, 2.75) is 6.92 Å². The van der Waals surface area contributed by atoms with E-state index in [1.165, 1.54) is 11.3 Å². The lowest BCUT2D eigenvalue weighted by Gasteiger charge is -1.91. The number of aromatic nitrogens is 2. The Morgan fingerprint density at radius 2 is 2.46 bits per heavy atom. The molecule has 2 rings (SSSR count). The highest BCUT2D eigenvalue weighted by atomic mass is 32.1. The first-order valence-electron chi connectivity index (χ1n) is 4.01. The molecule has 0 aliphatic rings. The van der Waals surface area contributed by atoms with Gasteiger partial charge in [-0.25, -0.2) is 0 Å². The first-order chi connectivity index (χ1) is 6.40. The van der Waals surface area contributed by atoms with E-state index >= 15 is 0 Å². The van der Waals surface area contributed by atoms with E-state index in [-0.39, 0.29) is 0 Å². The van der Waals surface area contributed by atoms with Crippen LogP contribution in [-0.2, 0) is 0 Å². The Morgan fingerprint density at radius 3 is 3.15 bits per heavy atom. The lowest BCUT2D eigenvalue weighted by Crippen LogP contribution is -1.94. The second kappa shape index (κ2) is 3.57. The van der Waals surface area contributed by atoms with E-state index in [0.717, 1.165) is 22.4 Å². The molecule has 2 aromatic heterocycles. The molecule has 4 nitrogen and oxygen atoms in total. The monoisotopic (exact) mass is 195 g/mol. The second-order valence-corrected chi connectivity index (χ2v) is 3.40. The maximum Gasteiger partial charge on any atom is 0.206 e. The third-order valence-corrected chi connectivity index (χ3v) is 2.38. The van der Waals surface area contributed by atoms with Gasteiger partial charge in [-0.05, 0) is 19.1 Å². The van der Waals surface area contributed by atoms with Gasteiger partial charge in [0.05, 0.1) is 6.26 Å². The third-order valence-electron chi connectivity index (χ3n) is 1.48. The van der Waals surface area contributed by atoms with Gasteiger partial charge in [0.2, 0.25) is 5.13 Å². The van der Waals surface area contributed by atoms with Crippen molar-refractivity contribution in [1.29, 1.82) is 0 Å². The van der Waals surface area contributed by atoms with Crippen LogP contribution in [0.15, 0.2) is 22.8 Å². The summed E-state index contributed by atoms with van der Waals surface area (Å²) in [7, 11) is 0. The van der Waals surface area contributed by atoms with Crippen LogP contribution in [0.2, 0.25) is 0 Å². The first-order valence-corrected chi connectivity index (χ1v) is 4.83. The Labute approximate surface area is 79.6 Å². The highest BCUT2D eigenvalue weighted by molar-refractivity contribution is 7.18. The van der Waals surface area contributed by atoms with E-state index in [1.54, 1.807) is 6.26 Å². The van der Waals surface area contributed by atoms with Crippen LogP contribution in [0.5, 0.6) is 0 Å². The van der Waals surface area contributed by atoms with Gasteiger partial charge in [0.1, 0.15) is 0 Å². The van der Waals surface area contributed by atoms with Crippen LogP contribution in [0.3, 0.4) is 0 Å². The SMILES string of the molecule is CCNc1nnc(-c2ccco2)s1. The molecule has 0 saturated carbocycles. The summed E-state index contributed by atoms with van der Waals surface area (Å²) in [6.07, 6.45) is 1.63. The highest BCUT2D eigenvalue weighted by Crippen LogP contribution is 2.25. The summed E-state index contributed by atoms with van der Waals surface area (Å²) < 4.78 is 5.19. The van der Waals surface area contributed by atoms with Gasteiger partial charge in [-0.1, -0.05) is 11.3 Å². The zero-order chi connectivity index (χ0) is 9.10. The molecule has 0 unspecified atom stereocenters. The normalized spacial score (nSPS) is 10.2. The Balaban J connectivity index is 2.23. The first kappa shape index (κ1) is 8.25. The Bertz CT molecular complexity index is 368. The topological polar surface area (TPSA) is 51.0 Å². The third kappa shape index (κ3) is 1.70. The van der Waals surface area contributed by atoms with Gasteiger partial charge in [0.25, 0.3) is 0 Å². The molecule has 0 saturated heterocycles. The lowest BCUT2D eigenvalue weighted by atomic mass is 10.5. The lowest BCUT2D eigenvalue weighted by molar-refractivity contribution is 0.581. The van der Waals surface area contributed by atoms with E-state index in [0.29, 0.717) is 0 Å². The van der Waals surface area contributed by atoms with E-state index in [2.05, 4.69) is 15.5 Å². The maximum atomic E-state index is 5.19. The summed E-state index contributed by atoms with van der Waals surface area (Å²) in [5, 5.41) is 12.7. The van der Waals surface area contributed by atoms with Gasteiger partial charge in [-0.2, -0.15) is 0 Å². The van der Waals surface area contributed by atoms with E-state index < -0.39 is 0 Å². The Morgan fingerprint density at radius 1 is 1.54 bits per heavy atom. The van der Waals surface area contributed by atoms with E-state index in [4.69, 9.17) is 4.42 Å². The number of furan rings is 1. The molecule has 0 spiro atoms.